The number of hydrogen-bond donors (Lipinski definition) is 2. The summed E-state index contributed by atoms with van der Waals surface area (Å²) in [7, 11) is -1.77. The van der Waals surface area contributed by atoms with E-state index in [1.165, 1.54) is 0 Å². The van der Waals surface area contributed by atoms with Gasteiger partial charge in [-0.2, -0.15) is 12.6 Å². The van der Waals surface area contributed by atoms with Crippen LogP contribution in [-0.4, -0.2) is 25.2 Å². The Balaban J connectivity index is 4.56. The molecule has 0 rings (SSSR count). The number of rotatable bonds is 4. The minimum Gasteiger partial charge on any atom is -0.436 e. The Labute approximate surface area is 91.2 Å². The van der Waals surface area contributed by atoms with Crippen LogP contribution < -0.4 is 0 Å². The second kappa shape index (κ2) is 4.72. The van der Waals surface area contributed by atoms with E-state index in [0.29, 0.717) is 0 Å². The molecule has 0 aromatic rings. The monoisotopic (exact) mass is 240 g/mol. The average Bonchev–Trinajstić information content (AvgIpc) is 2.02. The van der Waals surface area contributed by atoms with Crippen molar-refractivity contribution in [2.24, 2.45) is 0 Å². The topological polar surface area (TPSA) is 35.5 Å². The quantitative estimate of drug-likeness (QED) is 0.259. The molecule has 0 radical (unpaired) electrons. The van der Waals surface area contributed by atoms with E-state index in [2.05, 4.69) is 25.5 Å². The summed E-state index contributed by atoms with van der Waals surface area (Å²) in [6.07, 6.45) is 0. The van der Waals surface area contributed by atoms with Crippen molar-refractivity contribution < 1.29 is 13.7 Å². The molecule has 0 fully saturated rings. The second-order valence-corrected chi connectivity index (χ2v) is 9.83. The molecule has 3 nitrogen and oxygen atoms in total. The zero-order chi connectivity index (χ0) is 10.7. The molecule has 1 atom stereocenters. The molecule has 0 aliphatic carbocycles. The lowest BCUT2D eigenvalue weighted by atomic mass is 10.7. The van der Waals surface area contributed by atoms with Gasteiger partial charge in [0.1, 0.15) is 8.07 Å². The Bertz CT molecular complexity index is 193. The lowest BCUT2D eigenvalue weighted by molar-refractivity contribution is -0.166. The number of esters is 1. The number of hydrogen-bond acceptors (Lipinski definition) is 5. The molecular formula is C7H16O3S2Si. The fraction of sp³-hybridized carbons (Fsp3) is 0.857. The van der Waals surface area contributed by atoms with E-state index in [1.807, 2.05) is 19.6 Å². The first-order chi connectivity index (χ1) is 5.77. The van der Waals surface area contributed by atoms with Gasteiger partial charge in [-0.05, 0) is 19.8 Å². The summed E-state index contributed by atoms with van der Waals surface area (Å²) in [5.74, 6) is -0.334. The molecule has 1 unspecified atom stereocenters. The SMILES string of the molecule is CC(OS)(OC(=O)CS)[Si](C)(C)C. The van der Waals surface area contributed by atoms with Gasteiger partial charge in [0.05, 0.1) is 5.75 Å². The molecule has 0 aliphatic heterocycles. The predicted octanol–water partition coefficient (Wildman–Crippen LogP) is 1.91. The summed E-state index contributed by atoms with van der Waals surface area (Å²) in [6, 6.07) is 0. The van der Waals surface area contributed by atoms with Crippen molar-refractivity contribution in [1.82, 2.24) is 0 Å². The minimum atomic E-state index is -1.77. The maximum atomic E-state index is 11.0. The Kier molecular flexibility index (Phi) is 4.85. The molecule has 0 amide bonds. The fourth-order valence-corrected chi connectivity index (χ4v) is 2.18. The van der Waals surface area contributed by atoms with Crippen LogP contribution in [0.25, 0.3) is 0 Å². The third-order valence-electron chi connectivity index (χ3n) is 1.97. The molecule has 78 valence electrons. The van der Waals surface area contributed by atoms with Crippen molar-refractivity contribution in [2.75, 3.05) is 5.75 Å². The molecule has 13 heavy (non-hydrogen) atoms. The van der Waals surface area contributed by atoms with Crippen molar-refractivity contribution in [3.8, 4) is 0 Å². The first kappa shape index (κ1) is 13.3. The van der Waals surface area contributed by atoms with Gasteiger partial charge in [-0.15, -0.1) is 0 Å². The van der Waals surface area contributed by atoms with Crippen molar-refractivity contribution in [1.29, 1.82) is 0 Å². The van der Waals surface area contributed by atoms with Crippen molar-refractivity contribution in [3.05, 3.63) is 0 Å². The largest absolute Gasteiger partial charge is 0.436 e. The highest BCUT2D eigenvalue weighted by Gasteiger charge is 2.43. The number of thiol groups is 2. The average molecular weight is 240 g/mol. The lowest BCUT2D eigenvalue weighted by Gasteiger charge is -2.36. The van der Waals surface area contributed by atoms with Gasteiger partial charge in [0.25, 0.3) is 0 Å². The van der Waals surface area contributed by atoms with E-state index in [0.717, 1.165) is 0 Å². The standard InChI is InChI=1S/C7H16O3S2Si/c1-7(10-12,13(2,3)4)9-6(8)5-11/h11-12H,5H2,1-4H3. The minimum absolute atomic E-state index is 0.0528. The van der Waals surface area contributed by atoms with Crippen LogP contribution in [0.4, 0.5) is 0 Å². The van der Waals surface area contributed by atoms with Crippen LogP contribution in [-0.2, 0) is 13.7 Å². The van der Waals surface area contributed by atoms with Crippen LogP contribution in [0.2, 0.25) is 19.6 Å². The molecule has 0 aromatic carbocycles. The maximum absolute atomic E-state index is 11.0. The van der Waals surface area contributed by atoms with Gasteiger partial charge in [-0.3, -0.25) is 8.98 Å². The summed E-state index contributed by atoms with van der Waals surface area (Å²) < 4.78 is 10.1. The van der Waals surface area contributed by atoms with Gasteiger partial charge in [0, 0.05) is 0 Å². The normalized spacial score (nSPS) is 16.5. The van der Waals surface area contributed by atoms with Gasteiger partial charge < -0.3 is 4.74 Å². The molecule has 0 aromatic heterocycles. The smallest absolute Gasteiger partial charge is 0.317 e. The van der Waals surface area contributed by atoms with E-state index in [9.17, 15) is 4.79 Å². The molecule has 0 bridgehead atoms. The van der Waals surface area contributed by atoms with E-state index in [1.54, 1.807) is 6.92 Å². The Morgan fingerprint density at radius 2 is 1.92 bits per heavy atom. The summed E-state index contributed by atoms with van der Waals surface area (Å²) in [4.78, 5) is 11.0. The summed E-state index contributed by atoms with van der Waals surface area (Å²) in [5.41, 5.74) is -0.893. The van der Waals surface area contributed by atoms with Gasteiger partial charge in [-0.1, -0.05) is 19.6 Å². The van der Waals surface area contributed by atoms with E-state index < -0.39 is 13.5 Å². The summed E-state index contributed by atoms with van der Waals surface area (Å²) in [6.45, 7) is 7.84. The summed E-state index contributed by atoms with van der Waals surface area (Å²) >= 11 is 7.56. The van der Waals surface area contributed by atoms with Crippen molar-refractivity contribution >= 4 is 39.6 Å². The number of ether oxygens (including phenoxy) is 1. The first-order valence-electron chi connectivity index (χ1n) is 3.92. The summed E-state index contributed by atoms with van der Waals surface area (Å²) in [5, 5.41) is 0. The van der Waals surface area contributed by atoms with Crippen LogP contribution in [0, 0.1) is 0 Å². The Morgan fingerprint density at radius 1 is 1.46 bits per heavy atom. The van der Waals surface area contributed by atoms with Crippen molar-refractivity contribution in [3.63, 3.8) is 0 Å². The third kappa shape index (κ3) is 3.53. The van der Waals surface area contributed by atoms with Gasteiger partial charge in [-0.25, -0.2) is 0 Å². The number of carbonyl (C=O) groups is 1. The molecule has 0 saturated heterocycles. The number of carbonyl (C=O) groups excluding carboxylic acids is 1. The van der Waals surface area contributed by atoms with E-state index in [-0.39, 0.29) is 11.7 Å². The van der Waals surface area contributed by atoms with Crippen molar-refractivity contribution in [2.45, 2.75) is 32.0 Å². The van der Waals surface area contributed by atoms with Crippen LogP contribution in [0.1, 0.15) is 6.92 Å². The van der Waals surface area contributed by atoms with Crippen LogP contribution in [0.3, 0.4) is 0 Å². The van der Waals surface area contributed by atoms with E-state index >= 15 is 0 Å². The zero-order valence-corrected chi connectivity index (χ0v) is 11.1. The maximum Gasteiger partial charge on any atom is 0.317 e. The van der Waals surface area contributed by atoms with Gasteiger partial charge in [0.15, 0.2) is 0 Å². The molecule has 0 saturated carbocycles. The predicted molar refractivity (Wildman–Crippen MR) is 61.8 cm³/mol. The molecular weight excluding hydrogens is 224 g/mol. The lowest BCUT2D eigenvalue weighted by Crippen LogP contribution is -2.53. The fourth-order valence-electron chi connectivity index (χ4n) is 0.558. The van der Waals surface area contributed by atoms with Crippen LogP contribution >= 0.6 is 25.5 Å². The molecule has 0 aliphatic rings. The van der Waals surface area contributed by atoms with Gasteiger partial charge >= 0.3 is 5.97 Å². The third-order valence-corrected chi connectivity index (χ3v) is 5.68. The second-order valence-electron chi connectivity index (χ2n) is 3.92. The first-order valence-corrected chi connectivity index (χ1v) is 8.42. The highest BCUT2D eigenvalue weighted by atomic mass is 32.1. The van der Waals surface area contributed by atoms with Crippen LogP contribution in [0.15, 0.2) is 0 Å². The highest BCUT2D eigenvalue weighted by molar-refractivity contribution is 7.81. The molecule has 6 heteroatoms. The van der Waals surface area contributed by atoms with E-state index in [4.69, 9.17) is 8.92 Å². The molecule has 0 N–H and O–H groups in total. The van der Waals surface area contributed by atoms with Crippen LogP contribution in [0.5, 0.6) is 0 Å². The van der Waals surface area contributed by atoms with Gasteiger partial charge in [0.2, 0.25) is 5.41 Å². The molecule has 0 spiro atoms. The Hall–Kier alpha value is 0.347. The highest BCUT2D eigenvalue weighted by Crippen LogP contribution is 2.27. The zero-order valence-electron chi connectivity index (χ0n) is 8.33. The molecule has 0 heterocycles. The Morgan fingerprint density at radius 3 is 2.15 bits per heavy atom.